The highest BCUT2D eigenvalue weighted by Crippen LogP contribution is 2.26. The number of amides is 1. The molecule has 2 aliphatic heterocycles. The number of rotatable bonds is 3. The normalized spacial score (nSPS) is 26.5. The first-order chi connectivity index (χ1) is 10.8. The highest BCUT2D eigenvalue weighted by molar-refractivity contribution is 6.02. The number of nitrogens with zero attached hydrogens (tertiary/aromatic N) is 3. The van der Waals surface area contributed by atoms with E-state index >= 15 is 0 Å². The van der Waals surface area contributed by atoms with E-state index in [1.165, 1.54) is 0 Å². The number of hydrazone groups is 1. The van der Waals surface area contributed by atoms with Gasteiger partial charge in [0.15, 0.2) is 0 Å². The predicted molar refractivity (Wildman–Crippen MR) is 84.5 cm³/mol. The van der Waals surface area contributed by atoms with Gasteiger partial charge in [-0.2, -0.15) is 5.10 Å². The van der Waals surface area contributed by atoms with E-state index in [-0.39, 0.29) is 18.1 Å². The Balaban J connectivity index is 1.54. The first kappa shape index (κ1) is 13.3. The van der Waals surface area contributed by atoms with Crippen molar-refractivity contribution in [2.75, 3.05) is 0 Å². The Labute approximate surface area is 129 Å². The molecule has 5 nitrogen and oxygen atoms in total. The molecule has 1 saturated heterocycles. The van der Waals surface area contributed by atoms with Crippen molar-refractivity contribution in [2.45, 2.75) is 31.6 Å². The van der Waals surface area contributed by atoms with Gasteiger partial charge in [-0.05, 0) is 18.1 Å². The predicted octanol–water partition coefficient (Wildman–Crippen LogP) is 1.81. The van der Waals surface area contributed by atoms with E-state index in [9.17, 15) is 4.79 Å². The lowest BCUT2D eigenvalue weighted by Gasteiger charge is -2.31. The van der Waals surface area contributed by atoms with E-state index in [2.05, 4.69) is 28.7 Å². The number of hydrazine groups is 1. The molecular formula is C17H18N4O. The average molecular weight is 294 g/mol. The Hall–Kier alpha value is -2.40. The highest BCUT2D eigenvalue weighted by Gasteiger charge is 2.38. The van der Waals surface area contributed by atoms with E-state index < -0.39 is 0 Å². The average Bonchev–Trinajstić information content (AvgIpc) is 3.12. The molecule has 1 fully saturated rings. The van der Waals surface area contributed by atoms with Gasteiger partial charge in [0.05, 0.1) is 11.8 Å². The fraction of sp³-hybridized carbons (Fsp3) is 0.294. The summed E-state index contributed by atoms with van der Waals surface area (Å²) in [7, 11) is 0. The molecule has 1 N–H and O–H groups in total. The highest BCUT2D eigenvalue weighted by atomic mass is 16.2. The summed E-state index contributed by atoms with van der Waals surface area (Å²) >= 11 is 0. The second kappa shape index (κ2) is 5.42. The summed E-state index contributed by atoms with van der Waals surface area (Å²) in [5, 5.41) is 6.48. The zero-order valence-electron chi connectivity index (χ0n) is 12.2. The molecule has 0 radical (unpaired) electrons. The van der Waals surface area contributed by atoms with Crippen molar-refractivity contribution >= 4 is 11.6 Å². The maximum absolute atomic E-state index is 12.3. The lowest BCUT2D eigenvalue weighted by Crippen LogP contribution is -2.49. The number of likely N-dealkylation sites (tertiary alicyclic amines) is 1. The van der Waals surface area contributed by atoms with Crippen LogP contribution in [0.3, 0.4) is 0 Å². The van der Waals surface area contributed by atoms with Crippen molar-refractivity contribution < 1.29 is 4.79 Å². The molecular weight excluding hydrogens is 276 g/mol. The third kappa shape index (κ3) is 2.33. The van der Waals surface area contributed by atoms with Crippen molar-refractivity contribution in [2.24, 2.45) is 5.10 Å². The molecule has 5 heteroatoms. The minimum absolute atomic E-state index is 0.0207. The van der Waals surface area contributed by atoms with Crippen LogP contribution in [-0.2, 0) is 11.3 Å². The van der Waals surface area contributed by atoms with E-state index in [0.717, 1.165) is 17.7 Å². The molecule has 2 unspecified atom stereocenters. The second-order valence-corrected chi connectivity index (χ2v) is 5.75. The van der Waals surface area contributed by atoms with Crippen LogP contribution in [0.15, 0.2) is 59.7 Å². The summed E-state index contributed by atoms with van der Waals surface area (Å²) in [5.41, 5.74) is 5.52. The van der Waals surface area contributed by atoms with E-state index in [4.69, 9.17) is 0 Å². The number of hydrogen-bond donors (Lipinski definition) is 1. The number of fused-ring (bicyclic) bond motifs is 1. The van der Waals surface area contributed by atoms with E-state index in [1.807, 2.05) is 46.4 Å². The molecule has 3 aliphatic rings. The minimum atomic E-state index is -0.0207. The number of nitrogens with one attached hydrogen (secondary N) is 1. The molecule has 2 atom stereocenters. The Kier molecular flexibility index (Phi) is 3.27. The van der Waals surface area contributed by atoms with Gasteiger partial charge in [0.2, 0.25) is 5.91 Å². The van der Waals surface area contributed by atoms with Crippen LogP contribution < -0.4 is 5.43 Å². The van der Waals surface area contributed by atoms with Crippen LogP contribution in [0.2, 0.25) is 0 Å². The number of allylic oxidation sites excluding steroid dienone is 2. The number of carbonyl (C=O) groups is 1. The topological polar surface area (TPSA) is 47.9 Å². The number of benzene rings is 1. The van der Waals surface area contributed by atoms with Gasteiger partial charge < -0.3 is 4.90 Å². The quantitative estimate of drug-likeness (QED) is 0.925. The Morgan fingerprint density at radius 2 is 2.09 bits per heavy atom. The van der Waals surface area contributed by atoms with Gasteiger partial charge in [0, 0.05) is 13.0 Å². The van der Waals surface area contributed by atoms with Gasteiger partial charge >= 0.3 is 0 Å². The van der Waals surface area contributed by atoms with E-state index in [0.29, 0.717) is 13.0 Å². The molecule has 0 aromatic heterocycles. The van der Waals surface area contributed by atoms with Crippen LogP contribution in [-0.4, -0.2) is 33.8 Å². The largest absolute Gasteiger partial charge is 0.315 e. The van der Waals surface area contributed by atoms with Gasteiger partial charge in [0.1, 0.15) is 6.17 Å². The zero-order chi connectivity index (χ0) is 14.9. The number of hydrogen-bond acceptors (Lipinski definition) is 4. The van der Waals surface area contributed by atoms with Crippen molar-refractivity contribution in [1.29, 1.82) is 0 Å². The van der Waals surface area contributed by atoms with Crippen LogP contribution in [0, 0.1) is 0 Å². The molecule has 0 spiro atoms. The van der Waals surface area contributed by atoms with E-state index in [1.54, 1.807) is 0 Å². The van der Waals surface area contributed by atoms with Gasteiger partial charge in [-0.1, -0.05) is 48.6 Å². The molecule has 4 rings (SSSR count). The first-order valence-electron chi connectivity index (χ1n) is 7.63. The Morgan fingerprint density at radius 3 is 2.91 bits per heavy atom. The summed E-state index contributed by atoms with van der Waals surface area (Å²) < 4.78 is 0. The molecule has 22 heavy (non-hydrogen) atoms. The van der Waals surface area contributed by atoms with Crippen LogP contribution in [0.1, 0.15) is 18.4 Å². The second-order valence-electron chi connectivity index (χ2n) is 5.75. The van der Waals surface area contributed by atoms with Crippen LogP contribution in [0.25, 0.3) is 0 Å². The minimum Gasteiger partial charge on any atom is -0.315 e. The van der Waals surface area contributed by atoms with Gasteiger partial charge in [-0.25, -0.2) is 10.5 Å². The van der Waals surface area contributed by atoms with Gasteiger partial charge in [-0.3, -0.25) is 4.79 Å². The standard InChI is InChI=1S/C17H18N4O/c22-17-11-10-16(20(17)12-13-6-2-1-3-7-13)21-18-14-8-4-5-9-15(14)19-21/h1-9,14,16,18H,10-12H2. The summed E-state index contributed by atoms with van der Waals surface area (Å²) in [6.07, 6.45) is 9.45. The van der Waals surface area contributed by atoms with Gasteiger partial charge in [0.25, 0.3) is 0 Å². The summed E-state index contributed by atoms with van der Waals surface area (Å²) in [6, 6.07) is 10.2. The molecule has 0 saturated carbocycles. The first-order valence-corrected chi connectivity index (χ1v) is 7.63. The lowest BCUT2D eigenvalue weighted by molar-refractivity contribution is -0.132. The SMILES string of the molecule is O=C1CCC(N2N=C3C=CC=CC3N2)N1Cc1ccccc1. The van der Waals surface area contributed by atoms with Gasteiger partial charge in [-0.15, -0.1) is 0 Å². The monoisotopic (exact) mass is 294 g/mol. The fourth-order valence-electron chi connectivity index (χ4n) is 3.13. The van der Waals surface area contributed by atoms with Crippen molar-refractivity contribution in [3.05, 3.63) is 60.2 Å². The Bertz CT molecular complexity index is 664. The number of carbonyl (C=O) groups excluding carboxylic acids is 1. The summed E-state index contributed by atoms with van der Waals surface area (Å²) in [6.45, 7) is 0.629. The molecule has 1 amide bonds. The van der Waals surface area contributed by atoms with Crippen molar-refractivity contribution in [1.82, 2.24) is 15.4 Å². The fourth-order valence-corrected chi connectivity index (χ4v) is 3.13. The van der Waals surface area contributed by atoms with Crippen molar-refractivity contribution in [3.8, 4) is 0 Å². The molecule has 1 aromatic carbocycles. The molecule has 1 aromatic rings. The molecule has 112 valence electrons. The third-order valence-corrected chi connectivity index (χ3v) is 4.27. The zero-order valence-corrected chi connectivity index (χ0v) is 12.2. The van der Waals surface area contributed by atoms with Crippen LogP contribution in [0.5, 0.6) is 0 Å². The summed E-state index contributed by atoms with van der Waals surface area (Å²) in [4.78, 5) is 14.2. The molecule has 2 heterocycles. The molecule has 0 bridgehead atoms. The molecule has 1 aliphatic carbocycles. The maximum atomic E-state index is 12.3. The third-order valence-electron chi connectivity index (χ3n) is 4.27. The lowest BCUT2D eigenvalue weighted by atomic mass is 10.1. The van der Waals surface area contributed by atoms with Crippen LogP contribution >= 0.6 is 0 Å². The van der Waals surface area contributed by atoms with Crippen molar-refractivity contribution in [3.63, 3.8) is 0 Å². The smallest absolute Gasteiger partial charge is 0.224 e. The van der Waals surface area contributed by atoms with Crippen LogP contribution in [0.4, 0.5) is 0 Å². The summed E-state index contributed by atoms with van der Waals surface area (Å²) in [5.74, 6) is 0.191. The Morgan fingerprint density at radius 1 is 1.23 bits per heavy atom. The maximum Gasteiger partial charge on any atom is 0.224 e.